The summed E-state index contributed by atoms with van der Waals surface area (Å²) in [7, 11) is -2.63. The van der Waals surface area contributed by atoms with Crippen molar-refractivity contribution in [1.29, 1.82) is 0 Å². The predicted octanol–water partition coefficient (Wildman–Crippen LogP) is 2.70. The molecule has 0 amide bonds. The zero-order valence-corrected chi connectivity index (χ0v) is 18.0. The molecule has 0 saturated carbocycles. The van der Waals surface area contributed by atoms with Crippen molar-refractivity contribution in [2.75, 3.05) is 12.4 Å². The van der Waals surface area contributed by atoms with E-state index in [9.17, 15) is 17.6 Å². The van der Waals surface area contributed by atoms with E-state index in [1.54, 1.807) is 6.07 Å². The molecule has 0 saturated heterocycles. The van der Waals surface area contributed by atoms with Crippen molar-refractivity contribution in [1.82, 2.24) is 14.7 Å². The molecule has 2 aromatic carbocycles. The molecule has 0 atom stereocenters. The molecule has 9 nitrogen and oxygen atoms in total. The molecule has 12 heteroatoms. The molecule has 2 aromatic heterocycles. The Morgan fingerprint density at radius 1 is 1.19 bits per heavy atom. The molecular formula is C20H15ClFN5O4S. The smallest absolute Gasteiger partial charge is 0.293 e. The SMILES string of the molecule is COn1c(=O)c(-c2c(F)cccc2Cl)cc2cnc(Nc3cccc(S(N)(=O)=O)c3)nc21. The highest BCUT2D eigenvalue weighted by Crippen LogP contribution is 2.30. The van der Waals surface area contributed by atoms with Crippen molar-refractivity contribution in [3.05, 3.63) is 75.9 Å². The third kappa shape index (κ3) is 4.00. The summed E-state index contributed by atoms with van der Waals surface area (Å²) < 4.78 is 38.4. The highest BCUT2D eigenvalue weighted by Gasteiger charge is 2.19. The molecule has 0 bridgehead atoms. The Kier molecular flexibility index (Phi) is 5.55. The van der Waals surface area contributed by atoms with Gasteiger partial charge in [-0.05, 0) is 36.4 Å². The van der Waals surface area contributed by atoms with E-state index >= 15 is 0 Å². The van der Waals surface area contributed by atoms with E-state index in [1.165, 1.54) is 55.8 Å². The molecule has 4 rings (SSSR count). The topological polar surface area (TPSA) is 129 Å². The number of fused-ring (bicyclic) bond motifs is 1. The fourth-order valence-electron chi connectivity index (χ4n) is 3.11. The Hall–Kier alpha value is -3.54. The lowest BCUT2D eigenvalue weighted by atomic mass is 10.1. The molecule has 4 aromatic rings. The largest absolute Gasteiger partial charge is 0.412 e. The summed E-state index contributed by atoms with van der Waals surface area (Å²) in [5.41, 5.74) is -0.292. The highest BCUT2D eigenvalue weighted by atomic mass is 35.5. The van der Waals surface area contributed by atoms with Crippen LogP contribution < -0.4 is 20.9 Å². The van der Waals surface area contributed by atoms with Crippen molar-refractivity contribution in [2.45, 2.75) is 4.90 Å². The zero-order valence-electron chi connectivity index (χ0n) is 16.4. The molecule has 0 fully saturated rings. The van der Waals surface area contributed by atoms with E-state index in [4.69, 9.17) is 21.6 Å². The van der Waals surface area contributed by atoms with Gasteiger partial charge in [0.15, 0.2) is 5.65 Å². The van der Waals surface area contributed by atoms with Crippen LogP contribution in [0.2, 0.25) is 5.02 Å². The van der Waals surface area contributed by atoms with Crippen molar-refractivity contribution in [2.24, 2.45) is 5.14 Å². The number of pyridine rings is 1. The van der Waals surface area contributed by atoms with Gasteiger partial charge in [0.1, 0.15) is 12.9 Å². The Morgan fingerprint density at radius 3 is 2.62 bits per heavy atom. The second-order valence-electron chi connectivity index (χ2n) is 6.61. The second-order valence-corrected chi connectivity index (χ2v) is 8.58. The number of sulfonamides is 1. The van der Waals surface area contributed by atoms with Crippen molar-refractivity contribution in [3.63, 3.8) is 0 Å². The maximum atomic E-state index is 14.4. The number of halogens is 2. The molecule has 164 valence electrons. The molecule has 0 aliphatic rings. The summed E-state index contributed by atoms with van der Waals surface area (Å²) in [6, 6.07) is 11.3. The Labute approximate surface area is 186 Å². The number of aromatic nitrogens is 3. The van der Waals surface area contributed by atoms with Gasteiger partial charge in [-0.3, -0.25) is 4.79 Å². The summed E-state index contributed by atoms with van der Waals surface area (Å²) >= 11 is 6.12. The molecule has 3 N–H and O–H groups in total. The average molecular weight is 476 g/mol. The summed E-state index contributed by atoms with van der Waals surface area (Å²) in [6.07, 6.45) is 1.40. The van der Waals surface area contributed by atoms with Gasteiger partial charge in [0, 0.05) is 22.8 Å². The van der Waals surface area contributed by atoms with E-state index in [2.05, 4.69) is 15.3 Å². The molecular weight excluding hydrogens is 461 g/mol. The van der Waals surface area contributed by atoms with E-state index in [1.807, 2.05) is 0 Å². The number of rotatable bonds is 5. The van der Waals surface area contributed by atoms with Gasteiger partial charge in [-0.15, -0.1) is 4.73 Å². The minimum Gasteiger partial charge on any atom is -0.412 e. The summed E-state index contributed by atoms with van der Waals surface area (Å²) in [5, 5.41) is 8.45. The Bertz CT molecular complexity index is 1500. The van der Waals surface area contributed by atoms with Crippen LogP contribution in [-0.2, 0) is 10.0 Å². The van der Waals surface area contributed by atoms with Crippen molar-refractivity contribution >= 4 is 44.3 Å². The molecule has 0 aliphatic carbocycles. The first-order valence-corrected chi connectivity index (χ1v) is 10.9. The summed E-state index contributed by atoms with van der Waals surface area (Å²) in [5.74, 6) is -0.600. The van der Waals surface area contributed by atoms with Crippen LogP contribution in [0.1, 0.15) is 0 Å². The lowest BCUT2D eigenvalue weighted by Crippen LogP contribution is -2.27. The summed E-state index contributed by atoms with van der Waals surface area (Å²) in [4.78, 5) is 26.6. The predicted molar refractivity (Wildman–Crippen MR) is 118 cm³/mol. The molecule has 32 heavy (non-hydrogen) atoms. The fourth-order valence-corrected chi connectivity index (χ4v) is 3.94. The molecule has 0 spiro atoms. The van der Waals surface area contributed by atoms with Gasteiger partial charge < -0.3 is 10.2 Å². The van der Waals surface area contributed by atoms with Gasteiger partial charge in [0.2, 0.25) is 16.0 Å². The van der Waals surface area contributed by atoms with E-state index in [-0.39, 0.29) is 32.6 Å². The van der Waals surface area contributed by atoms with Gasteiger partial charge in [0.05, 0.1) is 15.5 Å². The average Bonchev–Trinajstić information content (AvgIpc) is 2.74. The summed E-state index contributed by atoms with van der Waals surface area (Å²) in [6.45, 7) is 0. The molecule has 2 heterocycles. The van der Waals surface area contributed by atoms with E-state index < -0.39 is 21.4 Å². The molecule has 0 radical (unpaired) electrons. The maximum Gasteiger partial charge on any atom is 0.293 e. The highest BCUT2D eigenvalue weighted by molar-refractivity contribution is 7.89. The molecule has 0 aliphatic heterocycles. The number of nitrogens with zero attached hydrogens (tertiary/aromatic N) is 3. The standard InChI is InChI=1S/C20H15ClFN5O4S/c1-31-27-18-11(8-14(19(27)28)17-15(21)6-3-7-16(17)22)10-24-20(26-18)25-12-4-2-5-13(9-12)32(23,29)30/h2-10H,1H3,(H2,23,29,30)(H,24,25,26). The van der Waals surface area contributed by atoms with Crippen LogP contribution in [0.3, 0.4) is 0 Å². The fraction of sp³-hybridized carbons (Fsp3) is 0.0500. The normalized spacial score (nSPS) is 11.5. The minimum atomic E-state index is -3.89. The van der Waals surface area contributed by atoms with E-state index in [0.29, 0.717) is 11.1 Å². The minimum absolute atomic E-state index is 0.0207. The number of nitrogens with two attached hydrogens (primary N) is 1. The number of anilines is 2. The van der Waals surface area contributed by atoms with Gasteiger partial charge in [-0.1, -0.05) is 23.7 Å². The van der Waals surface area contributed by atoms with Crippen molar-refractivity contribution < 1.29 is 17.6 Å². The van der Waals surface area contributed by atoms with Gasteiger partial charge in [-0.25, -0.2) is 22.9 Å². The first-order chi connectivity index (χ1) is 15.2. The Balaban J connectivity index is 1.83. The van der Waals surface area contributed by atoms with Crippen molar-refractivity contribution in [3.8, 4) is 11.1 Å². The number of benzene rings is 2. The van der Waals surface area contributed by atoms with Crippen LogP contribution in [-0.4, -0.2) is 30.2 Å². The number of nitrogens with one attached hydrogen (secondary N) is 1. The number of hydrogen-bond acceptors (Lipinski definition) is 7. The first-order valence-electron chi connectivity index (χ1n) is 9.00. The quantitative estimate of drug-likeness (QED) is 0.454. The third-order valence-corrected chi connectivity index (χ3v) is 5.76. The van der Waals surface area contributed by atoms with Crippen LogP contribution in [0.4, 0.5) is 16.0 Å². The van der Waals surface area contributed by atoms with Crippen LogP contribution in [0.15, 0.2) is 64.4 Å². The van der Waals surface area contributed by atoms with Crippen LogP contribution in [0.5, 0.6) is 0 Å². The lowest BCUT2D eigenvalue weighted by molar-refractivity contribution is 0.168. The van der Waals surface area contributed by atoms with Gasteiger partial charge in [-0.2, -0.15) is 4.98 Å². The Morgan fingerprint density at radius 2 is 1.94 bits per heavy atom. The van der Waals surface area contributed by atoms with Gasteiger partial charge in [0.25, 0.3) is 5.56 Å². The third-order valence-electron chi connectivity index (χ3n) is 4.54. The van der Waals surface area contributed by atoms with Crippen LogP contribution in [0, 0.1) is 5.82 Å². The number of primary sulfonamides is 1. The van der Waals surface area contributed by atoms with Gasteiger partial charge >= 0.3 is 0 Å². The second kappa shape index (κ2) is 8.19. The lowest BCUT2D eigenvalue weighted by Gasteiger charge is -2.13. The first kappa shape index (κ1) is 21.7. The van der Waals surface area contributed by atoms with Crippen LogP contribution >= 0.6 is 11.6 Å². The van der Waals surface area contributed by atoms with E-state index in [0.717, 1.165) is 4.73 Å². The zero-order chi connectivity index (χ0) is 23.0. The number of hydrogen-bond donors (Lipinski definition) is 2. The molecule has 0 unspecified atom stereocenters. The van der Waals surface area contributed by atoms with Crippen LogP contribution in [0.25, 0.3) is 22.2 Å². The maximum absolute atomic E-state index is 14.4. The monoisotopic (exact) mass is 475 g/mol.